The standard InChI is InChI=1S/C8H17NOS/c1-4-5-7(11-3)6(2)8(9)10/h6-7H,4-5H2,1-3H3,(H2,9,10). The molecule has 0 aromatic carbocycles. The first kappa shape index (κ1) is 10.8. The van der Waals surface area contributed by atoms with Gasteiger partial charge in [-0.1, -0.05) is 20.3 Å². The molecule has 0 spiro atoms. The molecule has 2 nitrogen and oxygen atoms in total. The van der Waals surface area contributed by atoms with Crippen LogP contribution in [0.25, 0.3) is 0 Å². The maximum absolute atomic E-state index is 10.8. The van der Waals surface area contributed by atoms with Crippen molar-refractivity contribution >= 4 is 17.7 Å². The molecule has 0 rings (SSSR count). The average Bonchev–Trinajstić information content (AvgIpc) is 1.98. The molecule has 0 saturated carbocycles. The Bertz CT molecular complexity index is 127. The molecule has 3 heteroatoms. The van der Waals surface area contributed by atoms with E-state index in [4.69, 9.17) is 5.73 Å². The van der Waals surface area contributed by atoms with Crippen LogP contribution in [0.15, 0.2) is 0 Å². The van der Waals surface area contributed by atoms with E-state index in [0.717, 1.165) is 12.8 Å². The molecule has 0 heterocycles. The lowest BCUT2D eigenvalue weighted by molar-refractivity contribution is -0.121. The van der Waals surface area contributed by atoms with Crippen molar-refractivity contribution in [3.63, 3.8) is 0 Å². The van der Waals surface area contributed by atoms with E-state index in [9.17, 15) is 4.79 Å². The fraction of sp³-hybridized carbons (Fsp3) is 0.875. The van der Waals surface area contributed by atoms with E-state index in [0.29, 0.717) is 5.25 Å². The summed E-state index contributed by atoms with van der Waals surface area (Å²) in [7, 11) is 0. The second-order valence-corrected chi connectivity index (χ2v) is 3.83. The highest BCUT2D eigenvalue weighted by Gasteiger charge is 2.19. The van der Waals surface area contributed by atoms with Crippen LogP contribution in [0.2, 0.25) is 0 Å². The number of thioether (sulfide) groups is 1. The molecule has 0 aromatic rings. The van der Waals surface area contributed by atoms with Gasteiger partial charge in [0, 0.05) is 11.2 Å². The summed E-state index contributed by atoms with van der Waals surface area (Å²) in [5, 5.41) is 0.400. The Labute approximate surface area is 72.9 Å². The molecule has 2 N–H and O–H groups in total. The number of hydrogen-bond acceptors (Lipinski definition) is 2. The maximum Gasteiger partial charge on any atom is 0.221 e. The quantitative estimate of drug-likeness (QED) is 0.690. The van der Waals surface area contributed by atoms with Crippen molar-refractivity contribution in [2.45, 2.75) is 31.9 Å². The maximum atomic E-state index is 10.8. The topological polar surface area (TPSA) is 43.1 Å². The highest BCUT2D eigenvalue weighted by molar-refractivity contribution is 7.99. The zero-order valence-corrected chi connectivity index (χ0v) is 8.28. The zero-order valence-electron chi connectivity index (χ0n) is 7.46. The van der Waals surface area contributed by atoms with Gasteiger partial charge in [0.2, 0.25) is 5.91 Å². The predicted octanol–water partition coefficient (Wildman–Crippen LogP) is 1.64. The Kier molecular flexibility index (Phi) is 5.38. The van der Waals surface area contributed by atoms with Crippen LogP contribution in [0.1, 0.15) is 26.7 Å². The second kappa shape index (κ2) is 5.47. The van der Waals surface area contributed by atoms with Crippen LogP contribution < -0.4 is 5.73 Å². The van der Waals surface area contributed by atoms with E-state index in [2.05, 4.69) is 6.92 Å². The minimum atomic E-state index is -0.183. The van der Waals surface area contributed by atoms with E-state index in [1.807, 2.05) is 13.2 Å². The molecule has 0 aliphatic rings. The first-order valence-electron chi connectivity index (χ1n) is 3.95. The van der Waals surface area contributed by atoms with Gasteiger partial charge in [0.1, 0.15) is 0 Å². The summed E-state index contributed by atoms with van der Waals surface area (Å²) in [5.41, 5.74) is 5.19. The Morgan fingerprint density at radius 3 is 2.45 bits per heavy atom. The number of nitrogens with two attached hydrogens (primary N) is 1. The molecule has 0 fully saturated rings. The highest BCUT2D eigenvalue weighted by Crippen LogP contribution is 2.21. The summed E-state index contributed by atoms with van der Waals surface area (Å²) in [6.45, 7) is 4.02. The third kappa shape index (κ3) is 3.65. The fourth-order valence-corrected chi connectivity index (χ4v) is 2.05. The van der Waals surface area contributed by atoms with Crippen LogP contribution in [0, 0.1) is 5.92 Å². The molecule has 0 radical (unpaired) electrons. The molecule has 0 aromatic heterocycles. The summed E-state index contributed by atoms with van der Waals surface area (Å²) in [6.07, 6.45) is 4.22. The van der Waals surface area contributed by atoms with Gasteiger partial charge in [-0.15, -0.1) is 0 Å². The van der Waals surface area contributed by atoms with Crippen molar-refractivity contribution < 1.29 is 4.79 Å². The van der Waals surface area contributed by atoms with E-state index >= 15 is 0 Å². The van der Waals surface area contributed by atoms with Crippen LogP contribution in [-0.2, 0) is 4.79 Å². The Morgan fingerprint density at radius 1 is 1.64 bits per heavy atom. The summed E-state index contributed by atoms with van der Waals surface area (Å²) in [4.78, 5) is 10.8. The minimum Gasteiger partial charge on any atom is -0.369 e. The zero-order chi connectivity index (χ0) is 8.85. The third-order valence-electron chi connectivity index (χ3n) is 1.88. The number of carbonyl (C=O) groups excluding carboxylic acids is 1. The average molecular weight is 175 g/mol. The van der Waals surface area contributed by atoms with E-state index < -0.39 is 0 Å². The summed E-state index contributed by atoms with van der Waals surface area (Å²) < 4.78 is 0. The highest BCUT2D eigenvalue weighted by atomic mass is 32.2. The van der Waals surface area contributed by atoms with Gasteiger partial charge in [0.25, 0.3) is 0 Å². The van der Waals surface area contributed by atoms with Gasteiger partial charge in [-0.3, -0.25) is 4.79 Å². The van der Waals surface area contributed by atoms with Gasteiger partial charge >= 0.3 is 0 Å². The number of primary amides is 1. The Morgan fingerprint density at radius 2 is 2.18 bits per heavy atom. The molecular formula is C8H17NOS. The molecule has 66 valence electrons. The van der Waals surface area contributed by atoms with Gasteiger partial charge in [-0.25, -0.2) is 0 Å². The van der Waals surface area contributed by atoms with Crippen LogP contribution in [0.3, 0.4) is 0 Å². The lowest BCUT2D eigenvalue weighted by Gasteiger charge is -2.18. The molecular weight excluding hydrogens is 158 g/mol. The van der Waals surface area contributed by atoms with Crippen LogP contribution in [-0.4, -0.2) is 17.4 Å². The van der Waals surface area contributed by atoms with Crippen LogP contribution in [0.5, 0.6) is 0 Å². The number of hydrogen-bond donors (Lipinski definition) is 1. The third-order valence-corrected chi connectivity index (χ3v) is 3.13. The van der Waals surface area contributed by atoms with E-state index in [1.165, 1.54) is 0 Å². The van der Waals surface area contributed by atoms with Crippen LogP contribution >= 0.6 is 11.8 Å². The lowest BCUT2D eigenvalue weighted by atomic mass is 10.0. The molecule has 1 amide bonds. The van der Waals surface area contributed by atoms with Gasteiger partial charge in [0.05, 0.1) is 0 Å². The van der Waals surface area contributed by atoms with E-state index in [-0.39, 0.29) is 11.8 Å². The smallest absolute Gasteiger partial charge is 0.221 e. The second-order valence-electron chi connectivity index (χ2n) is 2.75. The van der Waals surface area contributed by atoms with Gasteiger partial charge in [-0.05, 0) is 12.7 Å². The van der Waals surface area contributed by atoms with Crippen molar-refractivity contribution in [3.8, 4) is 0 Å². The van der Waals surface area contributed by atoms with Crippen molar-refractivity contribution in [1.82, 2.24) is 0 Å². The molecule has 2 unspecified atom stereocenters. The molecule has 0 aliphatic carbocycles. The summed E-state index contributed by atoms with van der Waals surface area (Å²) >= 11 is 1.73. The van der Waals surface area contributed by atoms with Gasteiger partial charge in [-0.2, -0.15) is 11.8 Å². The molecule has 2 atom stereocenters. The van der Waals surface area contributed by atoms with Gasteiger partial charge < -0.3 is 5.73 Å². The molecule has 0 saturated heterocycles. The normalized spacial score (nSPS) is 15.9. The predicted molar refractivity (Wildman–Crippen MR) is 50.6 cm³/mol. The minimum absolute atomic E-state index is 0.00458. The van der Waals surface area contributed by atoms with Gasteiger partial charge in [0.15, 0.2) is 0 Å². The summed E-state index contributed by atoms with van der Waals surface area (Å²) in [6, 6.07) is 0. The number of amides is 1. The molecule has 11 heavy (non-hydrogen) atoms. The van der Waals surface area contributed by atoms with Crippen molar-refractivity contribution in [3.05, 3.63) is 0 Å². The Hall–Kier alpha value is -0.180. The summed E-state index contributed by atoms with van der Waals surface area (Å²) in [5.74, 6) is -0.178. The lowest BCUT2D eigenvalue weighted by Crippen LogP contribution is -2.29. The van der Waals surface area contributed by atoms with Crippen LogP contribution in [0.4, 0.5) is 0 Å². The molecule has 0 bridgehead atoms. The number of carbonyl (C=O) groups is 1. The molecule has 0 aliphatic heterocycles. The largest absolute Gasteiger partial charge is 0.369 e. The van der Waals surface area contributed by atoms with Crippen molar-refractivity contribution in [2.75, 3.05) is 6.26 Å². The van der Waals surface area contributed by atoms with Crippen molar-refractivity contribution in [1.29, 1.82) is 0 Å². The first-order chi connectivity index (χ1) is 5.13. The number of rotatable bonds is 5. The van der Waals surface area contributed by atoms with Crippen molar-refractivity contribution in [2.24, 2.45) is 11.7 Å². The SMILES string of the molecule is CCCC(SC)C(C)C(N)=O. The van der Waals surface area contributed by atoms with E-state index in [1.54, 1.807) is 11.8 Å². The fourth-order valence-electron chi connectivity index (χ4n) is 1.04. The Balaban J connectivity index is 3.91. The monoisotopic (exact) mass is 175 g/mol. The first-order valence-corrected chi connectivity index (χ1v) is 5.24.